The van der Waals surface area contributed by atoms with Gasteiger partial charge in [0.05, 0.1) is 22.8 Å². The fourth-order valence-corrected chi connectivity index (χ4v) is 5.42. The highest BCUT2D eigenvalue weighted by molar-refractivity contribution is 7.89. The molecule has 0 bridgehead atoms. The van der Waals surface area contributed by atoms with Gasteiger partial charge in [-0.1, -0.05) is 29.8 Å². The molecule has 4 rings (SSSR count). The molecule has 0 spiro atoms. The molecule has 10 heteroatoms. The fraction of sp³-hybridized carbons (Fsp3) is 0.360. The van der Waals surface area contributed by atoms with Crippen LogP contribution in [0, 0.1) is 18.6 Å². The molecular formula is C25H28F2N4O3S. The second kappa shape index (κ2) is 9.87. The molecule has 0 radical (unpaired) electrons. The smallest absolute Gasteiger partial charge is 0.277 e. The second-order valence-corrected chi connectivity index (χ2v) is 11.5. The van der Waals surface area contributed by atoms with Gasteiger partial charge in [-0.3, -0.25) is 4.79 Å². The van der Waals surface area contributed by atoms with Gasteiger partial charge in [0.25, 0.3) is 5.56 Å². The van der Waals surface area contributed by atoms with Crippen molar-refractivity contribution in [2.75, 3.05) is 31.1 Å². The number of aryl methyl sites for hydroxylation is 1. The summed E-state index contributed by atoms with van der Waals surface area (Å²) in [4.78, 5) is 15.5. The molecule has 0 unspecified atom stereocenters. The van der Waals surface area contributed by atoms with E-state index in [1.165, 1.54) is 10.5 Å². The van der Waals surface area contributed by atoms with Gasteiger partial charge >= 0.3 is 0 Å². The Morgan fingerprint density at radius 2 is 1.57 bits per heavy atom. The highest BCUT2D eigenvalue weighted by atomic mass is 32.2. The lowest BCUT2D eigenvalue weighted by molar-refractivity contribution is 0.380. The van der Waals surface area contributed by atoms with E-state index in [-0.39, 0.29) is 5.69 Å². The molecule has 1 aromatic heterocycles. The van der Waals surface area contributed by atoms with Gasteiger partial charge in [0.1, 0.15) is 11.6 Å². The highest BCUT2D eigenvalue weighted by Gasteiger charge is 2.30. The lowest BCUT2D eigenvalue weighted by atomic mass is 10.0. The maximum atomic E-state index is 13.8. The summed E-state index contributed by atoms with van der Waals surface area (Å²) in [5.74, 6) is -1.61. The molecule has 2 aromatic carbocycles. The van der Waals surface area contributed by atoms with Crippen LogP contribution in [0.1, 0.15) is 30.5 Å². The molecule has 7 nitrogen and oxygen atoms in total. The van der Waals surface area contributed by atoms with E-state index >= 15 is 0 Å². The highest BCUT2D eigenvalue weighted by Crippen LogP contribution is 2.24. The Bertz CT molecular complexity index is 1360. The van der Waals surface area contributed by atoms with Crippen LogP contribution in [0.5, 0.6) is 0 Å². The second-order valence-electron chi connectivity index (χ2n) is 9.00. The number of anilines is 1. The van der Waals surface area contributed by atoms with Crippen LogP contribution >= 0.6 is 0 Å². The Kier molecular flexibility index (Phi) is 7.05. The van der Waals surface area contributed by atoms with Crippen LogP contribution in [0.4, 0.5) is 14.5 Å². The predicted octanol–water partition coefficient (Wildman–Crippen LogP) is 3.27. The Morgan fingerprint density at radius 1 is 0.971 bits per heavy atom. The zero-order chi connectivity index (χ0) is 25.3. The van der Waals surface area contributed by atoms with Crippen molar-refractivity contribution in [1.29, 1.82) is 0 Å². The lowest BCUT2D eigenvalue weighted by Crippen LogP contribution is -2.51. The Morgan fingerprint density at radius 3 is 2.14 bits per heavy atom. The summed E-state index contributed by atoms with van der Waals surface area (Å²) in [6, 6.07) is 10.6. The third kappa shape index (κ3) is 5.28. The number of rotatable bonds is 6. The largest absolute Gasteiger partial charge is 0.367 e. The van der Waals surface area contributed by atoms with Gasteiger partial charge in [-0.25, -0.2) is 17.2 Å². The summed E-state index contributed by atoms with van der Waals surface area (Å²) < 4.78 is 55.3. The topological polar surface area (TPSA) is 75.5 Å². The number of hydrogen-bond acceptors (Lipinski definition) is 5. The van der Waals surface area contributed by atoms with Gasteiger partial charge in [0.2, 0.25) is 10.0 Å². The van der Waals surface area contributed by atoms with Gasteiger partial charge in [0, 0.05) is 44.2 Å². The summed E-state index contributed by atoms with van der Waals surface area (Å²) in [5, 5.41) is 3.70. The van der Waals surface area contributed by atoms with Gasteiger partial charge in [-0.05, 0) is 38.5 Å². The number of hydrogen-bond donors (Lipinski definition) is 0. The first kappa shape index (κ1) is 25.0. The van der Waals surface area contributed by atoms with Crippen LogP contribution in [-0.2, 0) is 16.4 Å². The van der Waals surface area contributed by atoms with Gasteiger partial charge in [0.15, 0.2) is 0 Å². The number of benzene rings is 2. The summed E-state index contributed by atoms with van der Waals surface area (Å²) >= 11 is 0. The first-order valence-corrected chi connectivity index (χ1v) is 12.9. The van der Waals surface area contributed by atoms with E-state index in [2.05, 4.69) is 5.10 Å². The van der Waals surface area contributed by atoms with Gasteiger partial charge in [-0.15, -0.1) is 0 Å². The molecular weight excluding hydrogens is 474 g/mol. The minimum atomic E-state index is -3.37. The molecule has 1 aliphatic heterocycles. The summed E-state index contributed by atoms with van der Waals surface area (Å²) in [7, 11) is -3.37. The molecule has 0 amide bonds. The number of aromatic nitrogens is 2. The maximum absolute atomic E-state index is 13.8. The number of sulfonamides is 1. The Hall–Kier alpha value is -3.11. The molecule has 0 aliphatic carbocycles. The molecule has 35 heavy (non-hydrogen) atoms. The third-order valence-electron chi connectivity index (χ3n) is 6.18. The van der Waals surface area contributed by atoms with Crippen molar-refractivity contribution in [2.45, 2.75) is 32.4 Å². The first-order chi connectivity index (χ1) is 16.6. The van der Waals surface area contributed by atoms with E-state index in [4.69, 9.17) is 0 Å². The van der Waals surface area contributed by atoms with Crippen molar-refractivity contribution in [1.82, 2.24) is 14.1 Å². The van der Waals surface area contributed by atoms with Crippen LogP contribution < -0.4 is 10.5 Å². The SMILES string of the molecule is Cc1ccc(Cc2c(N3CCN(S(=O)(=O)C(C)C)CC3)cnn(-c3cc(F)cc(F)c3)c2=O)cc1. The third-order valence-corrected chi connectivity index (χ3v) is 8.46. The maximum Gasteiger partial charge on any atom is 0.277 e. The average molecular weight is 503 g/mol. The average Bonchev–Trinajstić information content (AvgIpc) is 2.81. The molecule has 1 fully saturated rings. The van der Waals surface area contributed by atoms with Crippen LogP contribution in [-0.4, -0.2) is 53.9 Å². The summed E-state index contributed by atoms with van der Waals surface area (Å²) in [6.07, 6.45) is 1.81. The van der Waals surface area contributed by atoms with E-state index in [1.54, 1.807) is 13.8 Å². The van der Waals surface area contributed by atoms with E-state index in [1.807, 2.05) is 36.1 Å². The molecule has 0 atom stereocenters. The van der Waals surface area contributed by atoms with Crippen molar-refractivity contribution < 1.29 is 17.2 Å². The first-order valence-electron chi connectivity index (χ1n) is 11.4. The molecule has 0 N–H and O–H groups in total. The minimum absolute atomic E-state index is 0.00273. The molecule has 2 heterocycles. The standard InChI is InChI=1S/C25H28F2N4O3S/c1-17(2)35(33,34)30-10-8-29(9-11-30)24-16-28-31(22-14-20(26)13-21(27)15-22)25(32)23(24)12-19-6-4-18(3)5-7-19/h4-7,13-17H,8-12H2,1-3H3. The predicted molar refractivity (Wildman–Crippen MR) is 132 cm³/mol. The fourth-order valence-electron chi connectivity index (χ4n) is 4.16. The van der Waals surface area contributed by atoms with Crippen molar-refractivity contribution in [2.24, 2.45) is 0 Å². The molecule has 1 saturated heterocycles. The quantitative estimate of drug-likeness (QED) is 0.517. The Labute approximate surface area is 203 Å². The Balaban J connectivity index is 1.73. The van der Waals surface area contributed by atoms with E-state index in [0.29, 0.717) is 43.9 Å². The molecule has 186 valence electrons. The van der Waals surface area contributed by atoms with Crippen LogP contribution in [0.3, 0.4) is 0 Å². The van der Waals surface area contributed by atoms with Crippen LogP contribution in [0.15, 0.2) is 53.5 Å². The molecule has 1 aliphatic rings. The minimum Gasteiger partial charge on any atom is -0.367 e. The lowest BCUT2D eigenvalue weighted by Gasteiger charge is -2.36. The molecule has 3 aromatic rings. The van der Waals surface area contributed by atoms with E-state index < -0.39 is 32.5 Å². The van der Waals surface area contributed by atoms with Crippen LogP contribution in [0.25, 0.3) is 5.69 Å². The van der Waals surface area contributed by atoms with Crippen molar-refractivity contribution in [3.8, 4) is 5.69 Å². The van der Waals surface area contributed by atoms with Crippen LogP contribution in [0.2, 0.25) is 0 Å². The van der Waals surface area contributed by atoms with E-state index in [0.717, 1.165) is 34.0 Å². The van der Waals surface area contributed by atoms with Gasteiger partial charge in [-0.2, -0.15) is 14.1 Å². The monoisotopic (exact) mass is 502 g/mol. The molecule has 0 saturated carbocycles. The number of nitrogens with zero attached hydrogens (tertiary/aromatic N) is 4. The van der Waals surface area contributed by atoms with Crippen molar-refractivity contribution in [3.05, 3.63) is 87.3 Å². The summed E-state index contributed by atoms with van der Waals surface area (Å²) in [6.45, 7) is 6.66. The van der Waals surface area contributed by atoms with Gasteiger partial charge < -0.3 is 4.90 Å². The number of piperazine rings is 1. The zero-order valence-electron chi connectivity index (χ0n) is 19.9. The van der Waals surface area contributed by atoms with Crippen molar-refractivity contribution in [3.63, 3.8) is 0 Å². The zero-order valence-corrected chi connectivity index (χ0v) is 20.7. The number of halogens is 2. The van der Waals surface area contributed by atoms with E-state index in [9.17, 15) is 22.0 Å². The summed E-state index contributed by atoms with van der Waals surface area (Å²) in [5.41, 5.74) is 2.51. The normalized spacial score (nSPS) is 15.1. The van der Waals surface area contributed by atoms with Crippen molar-refractivity contribution >= 4 is 15.7 Å².